The SMILES string of the molecule is O=c1ccc(C2CC2)nn1C1CCC(NC2CCOCC2)CC1. The lowest BCUT2D eigenvalue weighted by atomic mass is 9.90. The van der Waals surface area contributed by atoms with E-state index < -0.39 is 0 Å². The minimum Gasteiger partial charge on any atom is -0.381 e. The highest BCUT2D eigenvalue weighted by Gasteiger charge is 2.29. The van der Waals surface area contributed by atoms with Crippen LogP contribution >= 0.6 is 0 Å². The maximum atomic E-state index is 12.2. The van der Waals surface area contributed by atoms with Crippen LogP contribution < -0.4 is 10.9 Å². The Morgan fingerprint density at radius 2 is 1.65 bits per heavy atom. The van der Waals surface area contributed by atoms with Gasteiger partial charge < -0.3 is 10.1 Å². The molecule has 0 amide bonds. The van der Waals surface area contributed by atoms with Crippen molar-refractivity contribution in [2.45, 2.75) is 75.4 Å². The van der Waals surface area contributed by atoms with Gasteiger partial charge in [-0.2, -0.15) is 5.10 Å². The molecule has 2 saturated carbocycles. The van der Waals surface area contributed by atoms with E-state index in [4.69, 9.17) is 4.74 Å². The summed E-state index contributed by atoms with van der Waals surface area (Å²) in [5.74, 6) is 0.605. The van der Waals surface area contributed by atoms with E-state index in [1.165, 1.54) is 12.8 Å². The molecule has 23 heavy (non-hydrogen) atoms. The number of aromatic nitrogens is 2. The smallest absolute Gasteiger partial charge is 0.267 e. The van der Waals surface area contributed by atoms with E-state index in [1.54, 1.807) is 10.7 Å². The zero-order chi connectivity index (χ0) is 15.6. The molecule has 1 N–H and O–H groups in total. The lowest BCUT2D eigenvalue weighted by Gasteiger charge is -2.33. The first-order chi connectivity index (χ1) is 11.3. The van der Waals surface area contributed by atoms with Crippen LogP contribution in [-0.2, 0) is 4.74 Å². The van der Waals surface area contributed by atoms with Gasteiger partial charge in [0.05, 0.1) is 11.7 Å². The molecule has 1 aromatic heterocycles. The van der Waals surface area contributed by atoms with Crippen LogP contribution in [-0.4, -0.2) is 35.1 Å². The van der Waals surface area contributed by atoms with E-state index >= 15 is 0 Å². The largest absolute Gasteiger partial charge is 0.381 e. The summed E-state index contributed by atoms with van der Waals surface area (Å²) in [4.78, 5) is 12.2. The molecule has 126 valence electrons. The number of hydrogen-bond acceptors (Lipinski definition) is 4. The van der Waals surface area contributed by atoms with Crippen LogP contribution in [0.3, 0.4) is 0 Å². The van der Waals surface area contributed by atoms with Crippen LogP contribution in [0.2, 0.25) is 0 Å². The molecule has 1 aliphatic heterocycles. The molecule has 0 spiro atoms. The minimum absolute atomic E-state index is 0.0650. The number of ether oxygens (including phenoxy) is 1. The van der Waals surface area contributed by atoms with E-state index in [1.807, 2.05) is 6.07 Å². The second kappa shape index (κ2) is 6.73. The molecule has 0 bridgehead atoms. The first-order valence-electron chi connectivity index (χ1n) is 9.23. The van der Waals surface area contributed by atoms with Crippen LogP contribution in [0, 0.1) is 0 Å². The van der Waals surface area contributed by atoms with Crippen LogP contribution in [0.5, 0.6) is 0 Å². The molecule has 2 aliphatic carbocycles. The topological polar surface area (TPSA) is 56.2 Å². The quantitative estimate of drug-likeness (QED) is 0.926. The van der Waals surface area contributed by atoms with Crippen LogP contribution in [0.4, 0.5) is 0 Å². The molecule has 4 rings (SSSR count). The summed E-state index contributed by atoms with van der Waals surface area (Å²) in [6.07, 6.45) is 9.12. The van der Waals surface area contributed by atoms with Crippen molar-refractivity contribution in [2.24, 2.45) is 0 Å². The molecule has 1 saturated heterocycles. The fourth-order valence-corrected chi connectivity index (χ4v) is 3.98. The summed E-state index contributed by atoms with van der Waals surface area (Å²) in [7, 11) is 0. The van der Waals surface area contributed by atoms with Crippen molar-refractivity contribution in [1.82, 2.24) is 15.1 Å². The van der Waals surface area contributed by atoms with Crippen molar-refractivity contribution in [3.05, 3.63) is 28.2 Å². The Morgan fingerprint density at radius 3 is 2.35 bits per heavy atom. The lowest BCUT2D eigenvalue weighted by molar-refractivity contribution is 0.0722. The highest BCUT2D eigenvalue weighted by Crippen LogP contribution is 2.38. The third-order valence-corrected chi connectivity index (χ3v) is 5.58. The Morgan fingerprint density at radius 1 is 0.957 bits per heavy atom. The van der Waals surface area contributed by atoms with E-state index in [0.717, 1.165) is 57.4 Å². The van der Waals surface area contributed by atoms with Crippen molar-refractivity contribution in [3.63, 3.8) is 0 Å². The molecule has 1 aromatic rings. The molecule has 5 heteroatoms. The van der Waals surface area contributed by atoms with Crippen LogP contribution in [0.1, 0.15) is 69.0 Å². The second-order valence-corrected chi connectivity index (χ2v) is 7.37. The fourth-order valence-electron chi connectivity index (χ4n) is 3.98. The predicted molar refractivity (Wildman–Crippen MR) is 88.7 cm³/mol. The molecule has 0 unspecified atom stereocenters. The number of nitrogens with zero attached hydrogens (tertiary/aromatic N) is 2. The van der Waals surface area contributed by atoms with Crippen molar-refractivity contribution in [2.75, 3.05) is 13.2 Å². The van der Waals surface area contributed by atoms with Gasteiger partial charge in [0, 0.05) is 37.3 Å². The summed E-state index contributed by atoms with van der Waals surface area (Å²) in [5, 5.41) is 8.46. The third-order valence-electron chi connectivity index (χ3n) is 5.58. The molecule has 5 nitrogen and oxygen atoms in total. The van der Waals surface area contributed by atoms with Gasteiger partial charge in [-0.25, -0.2) is 4.68 Å². The Balaban J connectivity index is 1.35. The lowest BCUT2D eigenvalue weighted by Crippen LogP contribution is -2.44. The zero-order valence-electron chi connectivity index (χ0n) is 13.7. The maximum absolute atomic E-state index is 12.2. The van der Waals surface area contributed by atoms with E-state index in [9.17, 15) is 4.79 Å². The summed E-state index contributed by atoms with van der Waals surface area (Å²) < 4.78 is 7.20. The minimum atomic E-state index is 0.0650. The summed E-state index contributed by atoms with van der Waals surface area (Å²) in [5.41, 5.74) is 1.18. The van der Waals surface area contributed by atoms with Crippen molar-refractivity contribution < 1.29 is 4.74 Å². The number of rotatable bonds is 4. The van der Waals surface area contributed by atoms with Gasteiger partial charge in [0.2, 0.25) is 0 Å². The Hall–Kier alpha value is -1.20. The Bertz CT molecular complexity index is 582. The van der Waals surface area contributed by atoms with Crippen LogP contribution in [0.15, 0.2) is 16.9 Å². The van der Waals surface area contributed by atoms with Gasteiger partial charge in [-0.15, -0.1) is 0 Å². The van der Waals surface area contributed by atoms with Crippen molar-refractivity contribution in [1.29, 1.82) is 0 Å². The average molecular weight is 317 g/mol. The summed E-state index contributed by atoms with van der Waals surface area (Å²) in [6.45, 7) is 1.78. The van der Waals surface area contributed by atoms with E-state index in [2.05, 4.69) is 10.4 Å². The monoisotopic (exact) mass is 317 g/mol. The number of hydrogen-bond donors (Lipinski definition) is 1. The molecule has 3 aliphatic rings. The van der Waals surface area contributed by atoms with Gasteiger partial charge >= 0.3 is 0 Å². The van der Waals surface area contributed by atoms with E-state index in [-0.39, 0.29) is 11.6 Å². The molecular weight excluding hydrogens is 290 g/mol. The van der Waals surface area contributed by atoms with Gasteiger partial charge in [-0.05, 0) is 57.4 Å². The summed E-state index contributed by atoms with van der Waals surface area (Å²) >= 11 is 0. The predicted octanol–water partition coefficient (Wildman–Crippen LogP) is 2.37. The molecule has 2 heterocycles. The highest BCUT2D eigenvalue weighted by molar-refractivity contribution is 5.13. The third kappa shape index (κ3) is 3.66. The second-order valence-electron chi connectivity index (χ2n) is 7.37. The van der Waals surface area contributed by atoms with Crippen LogP contribution in [0.25, 0.3) is 0 Å². The highest BCUT2D eigenvalue weighted by atomic mass is 16.5. The van der Waals surface area contributed by atoms with Gasteiger partial charge in [0.1, 0.15) is 0 Å². The average Bonchev–Trinajstić information content (AvgIpc) is 3.42. The van der Waals surface area contributed by atoms with Gasteiger partial charge in [-0.1, -0.05) is 0 Å². The van der Waals surface area contributed by atoms with Gasteiger partial charge in [-0.3, -0.25) is 4.79 Å². The first-order valence-corrected chi connectivity index (χ1v) is 9.23. The van der Waals surface area contributed by atoms with Crippen molar-refractivity contribution >= 4 is 0 Å². The standard InChI is InChI=1S/C18H27N3O2/c22-18-8-7-17(13-1-2-13)20-21(18)16-5-3-14(4-6-16)19-15-9-11-23-12-10-15/h7-8,13-16,19H,1-6,9-12H2. The van der Waals surface area contributed by atoms with Gasteiger partial charge in [0.25, 0.3) is 5.56 Å². The normalized spacial score (nSPS) is 29.6. The summed E-state index contributed by atoms with van der Waals surface area (Å²) in [6, 6.07) is 5.14. The van der Waals surface area contributed by atoms with Gasteiger partial charge in [0.15, 0.2) is 0 Å². The number of nitrogens with one attached hydrogen (secondary N) is 1. The molecular formula is C18H27N3O2. The van der Waals surface area contributed by atoms with Crippen molar-refractivity contribution in [3.8, 4) is 0 Å². The van der Waals surface area contributed by atoms with E-state index in [0.29, 0.717) is 18.0 Å². The fraction of sp³-hybridized carbons (Fsp3) is 0.778. The first kappa shape index (κ1) is 15.3. The molecule has 0 atom stereocenters. The Kier molecular flexibility index (Phi) is 4.49. The Labute approximate surface area is 137 Å². The molecule has 3 fully saturated rings. The zero-order valence-corrected chi connectivity index (χ0v) is 13.7. The maximum Gasteiger partial charge on any atom is 0.267 e. The molecule has 0 aromatic carbocycles. The molecule has 0 radical (unpaired) electrons.